The van der Waals surface area contributed by atoms with E-state index in [9.17, 15) is 4.79 Å². The van der Waals surface area contributed by atoms with Crippen LogP contribution in [0.5, 0.6) is 0 Å². The second kappa shape index (κ2) is 5.74. The predicted octanol–water partition coefficient (Wildman–Crippen LogP) is 3.71. The molecule has 0 unspecified atom stereocenters. The van der Waals surface area contributed by atoms with Gasteiger partial charge in [0.1, 0.15) is 5.60 Å². The van der Waals surface area contributed by atoms with Gasteiger partial charge in [-0.15, -0.1) is 0 Å². The minimum Gasteiger partial charge on any atom is -0.443 e. The van der Waals surface area contributed by atoms with Crippen LogP contribution < -0.4 is 0 Å². The molecule has 0 aliphatic carbocycles. The van der Waals surface area contributed by atoms with Crippen LogP contribution in [0.2, 0.25) is 0 Å². The maximum absolute atomic E-state index is 12.0. The van der Waals surface area contributed by atoms with Crippen LogP contribution in [0.1, 0.15) is 26.3 Å². The third-order valence-corrected chi connectivity index (χ3v) is 2.51. The lowest BCUT2D eigenvalue weighted by atomic mass is 10.1. The summed E-state index contributed by atoms with van der Waals surface area (Å²) in [4.78, 5) is 17.7. The van der Waals surface area contributed by atoms with E-state index in [1.54, 1.807) is 24.7 Å². The second-order valence-electron chi connectivity index (χ2n) is 5.38. The largest absolute Gasteiger partial charge is 0.443 e. The number of amides is 1. The van der Waals surface area contributed by atoms with Crippen LogP contribution in [0.25, 0.3) is 0 Å². The normalized spacial score (nSPS) is 14.8. The van der Waals surface area contributed by atoms with E-state index in [0.717, 1.165) is 11.3 Å². The van der Waals surface area contributed by atoms with Crippen LogP contribution in [0.3, 0.4) is 0 Å². The summed E-state index contributed by atoms with van der Waals surface area (Å²) in [5.74, 6) is 0. The van der Waals surface area contributed by atoms with Gasteiger partial charge < -0.3 is 4.74 Å². The lowest BCUT2D eigenvalue weighted by Gasteiger charge is -2.22. The number of nitrogens with zero attached hydrogens (tertiary/aromatic N) is 2. The maximum Gasteiger partial charge on any atom is 0.418 e. The first-order chi connectivity index (χ1) is 9.46. The van der Waals surface area contributed by atoms with Gasteiger partial charge in [0.25, 0.3) is 0 Å². The zero-order chi connectivity index (χ0) is 14.6. The third-order valence-electron chi connectivity index (χ3n) is 2.51. The molecule has 0 saturated heterocycles. The van der Waals surface area contributed by atoms with E-state index in [4.69, 9.17) is 4.74 Å². The molecule has 1 aliphatic rings. The lowest BCUT2D eigenvalue weighted by molar-refractivity contribution is 0.0400. The number of hydrogen-bond donors (Lipinski definition) is 0. The summed E-state index contributed by atoms with van der Waals surface area (Å²) in [5.41, 5.74) is 1.28. The maximum atomic E-state index is 12.0. The first-order valence-corrected chi connectivity index (χ1v) is 6.45. The monoisotopic (exact) mass is 270 g/mol. The van der Waals surface area contributed by atoms with Crippen molar-refractivity contribution >= 4 is 11.8 Å². The second-order valence-corrected chi connectivity index (χ2v) is 5.38. The highest BCUT2D eigenvalue weighted by Gasteiger charge is 2.20. The Morgan fingerprint density at radius 1 is 1.15 bits per heavy atom. The van der Waals surface area contributed by atoms with Crippen LogP contribution >= 0.6 is 0 Å². The predicted molar refractivity (Wildman–Crippen MR) is 79.3 cm³/mol. The molecule has 1 amide bonds. The molecule has 4 heteroatoms. The molecule has 0 bridgehead atoms. The summed E-state index contributed by atoms with van der Waals surface area (Å²) in [7, 11) is 0. The molecule has 0 N–H and O–H groups in total. The van der Waals surface area contributed by atoms with Crippen molar-refractivity contribution in [2.75, 3.05) is 0 Å². The molecule has 1 aliphatic heterocycles. The first-order valence-electron chi connectivity index (χ1n) is 6.45. The molecule has 4 nitrogen and oxygen atoms in total. The number of benzene rings is 1. The van der Waals surface area contributed by atoms with E-state index in [-0.39, 0.29) is 0 Å². The number of carbonyl (C=O) groups excluding carboxylic acids is 1. The summed E-state index contributed by atoms with van der Waals surface area (Å²) >= 11 is 0. The number of allylic oxidation sites excluding steroid dienone is 1. The van der Waals surface area contributed by atoms with Gasteiger partial charge in [0.2, 0.25) is 0 Å². The molecule has 0 saturated carbocycles. The highest BCUT2D eigenvalue weighted by molar-refractivity contribution is 6.09. The van der Waals surface area contributed by atoms with Gasteiger partial charge in [-0.1, -0.05) is 30.3 Å². The molecule has 0 fully saturated rings. The van der Waals surface area contributed by atoms with Gasteiger partial charge in [0.15, 0.2) is 0 Å². The molecule has 0 aromatic heterocycles. The molecule has 0 spiro atoms. The molecule has 0 atom stereocenters. The van der Waals surface area contributed by atoms with Gasteiger partial charge >= 0.3 is 6.09 Å². The number of carbonyl (C=O) groups is 1. The third kappa shape index (κ3) is 3.82. The lowest BCUT2D eigenvalue weighted by Crippen LogP contribution is -2.30. The highest BCUT2D eigenvalue weighted by Crippen LogP contribution is 2.13. The van der Waals surface area contributed by atoms with Crippen LogP contribution in [0.4, 0.5) is 4.79 Å². The molecule has 104 valence electrons. The van der Waals surface area contributed by atoms with Crippen molar-refractivity contribution in [2.45, 2.75) is 26.4 Å². The Kier molecular flexibility index (Phi) is 4.03. The summed E-state index contributed by atoms with van der Waals surface area (Å²) in [6.45, 7) is 5.51. The van der Waals surface area contributed by atoms with Crippen molar-refractivity contribution < 1.29 is 9.53 Å². The molecule has 1 aromatic rings. The fraction of sp³-hybridized carbons (Fsp3) is 0.250. The van der Waals surface area contributed by atoms with E-state index >= 15 is 0 Å². The molecule has 20 heavy (non-hydrogen) atoms. The van der Waals surface area contributed by atoms with E-state index < -0.39 is 11.7 Å². The minimum atomic E-state index is -0.520. The molecular weight excluding hydrogens is 252 g/mol. The van der Waals surface area contributed by atoms with Crippen LogP contribution in [-0.2, 0) is 4.74 Å². The Morgan fingerprint density at radius 3 is 2.50 bits per heavy atom. The van der Waals surface area contributed by atoms with Crippen LogP contribution in [0.15, 0.2) is 60.0 Å². The Hall–Kier alpha value is -2.36. The fourth-order valence-corrected chi connectivity index (χ4v) is 1.65. The van der Waals surface area contributed by atoms with Crippen molar-refractivity contribution in [3.05, 3.63) is 60.6 Å². The molecule has 0 radical (unpaired) electrons. The van der Waals surface area contributed by atoms with Gasteiger partial charge in [-0.25, -0.2) is 4.79 Å². The summed E-state index contributed by atoms with van der Waals surface area (Å²) in [6, 6.07) is 9.80. The quantitative estimate of drug-likeness (QED) is 0.780. The van der Waals surface area contributed by atoms with Crippen molar-refractivity contribution in [3.8, 4) is 0 Å². The molecular formula is C16H18N2O2. The fourth-order valence-electron chi connectivity index (χ4n) is 1.65. The van der Waals surface area contributed by atoms with Crippen LogP contribution in [0, 0.1) is 0 Å². The van der Waals surface area contributed by atoms with Crippen molar-refractivity contribution in [3.63, 3.8) is 0 Å². The summed E-state index contributed by atoms with van der Waals surface area (Å²) in [6.07, 6.45) is 6.20. The smallest absolute Gasteiger partial charge is 0.418 e. The molecule has 1 aromatic carbocycles. The Balaban J connectivity index is 2.12. The van der Waals surface area contributed by atoms with E-state index in [1.165, 1.54) is 4.90 Å². The van der Waals surface area contributed by atoms with E-state index in [0.29, 0.717) is 0 Å². The van der Waals surface area contributed by atoms with Crippen LogP contribution in [-0.4, -0.2) is 22.3 Å². The number of rotatable bonds is 1. The van der Waals surface area contributed by atoms with Gasteiger partial charge in [-0.2, -0.15) is 0 Å². The summed E-state index contributed by atoms with van der Waals surface area (Å²) in [5, 5.41) is 0. The number of hydrogen-bond acceptors (Lipinski definition) is 3. The Morgan fingerprint density at radius 2 is 1.85 bits per heavy atom. The van der Waals surface area contributed by atoms with Gasteiger partial charge in [-0.3, -0.25) is 9.89 Å². The zero-order valence-electron chi connectivity index (χ0n) is 11.9. The standard InChI is InChI=1S/C16H18N2O2/c1-16(2,3)20-15(19)18-11-9-14(17-10-12-18)13-7-5-4-6-8-13/h4-12H,1-3H3. The first kappa shape index (κ1) is 14.1. The van der Waals surface area contributed by atoms with Crippen molar-refractivity contribution in [1.29, 1.82) is 0 Å². The van der Waals surface area contributed by atoms with Gasteiger partial charge in [-0.05, 0) is 26.8 Å². The molecule has 1 heterocycles. The van der Waals surface area contributed by atoms with E-state index in [2.05, 4.69) is 4.99 Å². The minimum absolute atomic E-state index is 0.422. The average molecular weight is 270 g/mol. The summed E-state index contributed by atoms with van der Waals surface area (Å²) < 4.78 is 5.31. The Labute approximate surface area is 119 Å². The number of ether oxygens (including phenoxy) is 1. The highest BCUT2D eigenvalue weighted by atomic mass is 16.6. The van der Waals surface area contributed by atoms with Gasteiger partial charge in [0.05, 0.1) is 5.71 Å². The Bertz CT molecular complexity index is 566. The number of aliphatic imine (C=N–C) groups is 1. The average Bonchev–Trinajstić information content (AvgIpc) is 2.63. The van der Waals surface area contributed by atoms with Crippen molar-refractivity contribution in [2.24, 2.45) is 4.99 Å². The van der Waals surface area contributed by atoms with Crippen molar-refractivity contribution in [1.82, 2.24) is 4.90 Å². The zero-order valence-corrected chi connectivity index (χ0v) is 11.9. The van der Waals surface area contributed by atoms with Gasteiger partial charge in [0, 0.05) is 24.2 Å². The van der Waals surface area contributed by atoms with E-state index in [1.807, 2.05) is 51.1 Å². The SMILES string of the molecule is CC(C)(C)OC(=O)N1C=CN=C(c2ccccc2)C=C1. The molecule has 2 rings (SSSR count). The topological polar surface area (TPSA) is 41.9 Å².